The maximum atomic E-state index is 13.4. The van der Waals surface area contributed by atoms with Gasteiger partial charge in [-0.15, -0.1) is 0 Å². The third-order valence-corrected chi connectivity index (χ3v) is 5.21. The van der Waals surface area contributed by atoms with Gasteiger partial charge in [-0.05, 0) is 31.5 Å². The molecule has 1 saturated heterocycles. The highest BCUT2D eigenvalue weighted by molar-refractivity contribution is 5.92. The minimum atomic E-state index is -4.65. The average Bonchev–Trinajstić information content (AvgIpc) is 3.28. The van der Waals surface area contributed by atoms with E-state index >= 15 is 0 Å². The number of fused-ring (bicyclic) bond motifs is 1. The maximum absolute atomic E-state index is 13.4. The number of aryl methyl sites for hydroxylation is 2. The molecule has 0 aromatic carbocycles. The molecule has 4 rings (SSSR count). The van der Waals surface area contributed by atoms with Crippen LogP contribution in [0, 0.1) is 6.92 Å². The minimum Gasteiger partial charge on any atom is -0.337 e. The maximum Gasteiger partial charge on any atom is 0.417 e. The summed E-state index contributed by atoms with van der Waals surface area (Å²) < 4.78 is 41.5. The summed E-state index contributed by atoms with van der Waals surface area (Å²) >= 11 is 0. The van der Waals surface area contributed by atoms with Crippen molar-refractivity contribution in [2.24, 2.45) is 7.05 Å². The first-order chi connectivity index (χ1) is 13.6. The van der Waals surface area contributed by atoms with E-state index in [4.69, 9.17) is 0 Å². The van der Waals surface area contributed by atoms with E-state index in [9.17, 15) is 22.8 Å². The monoisotopic (exact) mass is 405 g/mol. The standard InChI is InChI=1S/C19H18F3N5O2/c1-10-7-12(19(20,21)22)16-14(24-10)8-13(25-17(16)28)11-4-6-27(9-11)18(29)15-3-5-23-26(15)2/h3,5,7-8,11H,4,6,9H2,1-2H3,(H,25,28)/t11-/m1/s1. The van der Waals surface area contributed by atoms with Gasteiger partial charge < -0.3 is 9.88 Å². The molecule has 1 aliphatic rings. The first-order valence-corrected chi connectivity index (χ1v) is 9.04. The molecule has 4 heterocycles. The van der Waals surface area contributed by atoms with E-state index in [1.165, 1.54) is 23.9 Å². The van der Waals surface area contributed by atoms with Gasteiger partial charge in [-0.1, -0.05) is 0 Å². The summed E-state index contributed by atoms with van der Waals surface area (Å²) in [5, 5.41) is 3.52. The van der Waals surface area contributed by atoms with Crippen molar-refractivity contribution in [3.8, 4) is 0 Å². The van der Waals surface area contributed by atoms with E-state index in [-0.39, 0.29) is 23.0 Å². The number of likely N-dealkylation sites (tertiary alicyclic amines) is 1. The van der Waals surface area contributed by atoms with Crippen LogP contribution in [0.15, 0.2) is 29.2 Å². The number of amides is 1. The first kappa shape index (κ1) is 19.2. The minimum absolute atomic E-state index is 0.00693. The van der Waals surface area contributed by atoms with Gasteiger partial charge in [0.2, 0.25) is 0 Å². The predicted molar refractivity (Wildman–Crippen MR) is 98.6 cm³/mol. The van der Waals surface area contributed by atoms with E-state index in [2.05, 4.69) is 15.1 Å². The normalized spacial score (nSPS) is 17.3. The van der Waals surface area contributed by atoms with E-state index in [0.717, 1.165) is 6.07 Å². The van der Waals surface area contributed by atoms with Crippen LogP contribution >= 0.6 is 0 Å². The second-order valence-electron chi connectivity index (χ2n) is 7.20. The number of nitrogens with zero attached hydrogens (tertiary/aromatic N) is 4. The van der Waals surface area contributed by atoms with Crippen LogP contribution in [0.2, 0.25) is 0 Å². The predicted octanol–water partition coefficient (Wildman–Crippen LogP) is 2.61. The number of alkyl halides is 3. The van der Waals surface area contributed by atoms with E-state index < -0.39 is 22.7 Å². The molecule has 152 valence electrons. The Kier molecular flexibility index (Phi) is 4.44. The third kappa shape index (κ3) is 3.39. The number of hydrogen-bond donors (Lipinski definition) is 1. The van der Waals surface area contributed by atoms with Crippen molar-refractivity contribution in [2.75, 3.05) is 13.1 Å². The lowest BCUT2D eigenvalue weighted by Crippen LogP contribution is -2.30. The fourth-order valence-electron chi connectivity index (χ4n) is 3.81. The number of hydrogen-bond acceptors (Lipinski definition) is 4. The van der Waals surface area contributed by atoms with Crippen molar-refractivity contribution >= 4 is 16.8 Å². The Morgan fingerprint density at radius 1 is 1.31 bits per heavy atom. The number of aromatic amines is 1. The molecule has 1 atom stereocenters. The Morgan fingerprint density at radius 2 is 2.07 bits per heavy atom. The number of halogens is 3. The van der Waals surface area contributed by atoms with Crippen LogP contribution in [-0.2, 0) is 13.2 Å². The second kappa shape index (κ2) is 6.71. The molecule has 0 bridgehead atoms. The van der Waals surface area contributed by atoms with Crippen molar-refractivity contribution in [1.82, 2.24) is 24.6 Å². The highest BCUT2D eigenvalue weighted by Crippen LogP contribution is 2.34. The number of pyridine rings is 2. The quantitative estimate of drug-likeness (QED) is 0.711. The second-order valence-corrected chi connectivity index (χ2v) is 7.20. The van der Waals surface area contributed by atoms with Crippen LogP contribution in [0.1, 0.15) is 39.8 Å². The highest BCUT2D eigenvalue weighted by Gasteiger charge is 2.35. The zero-order valence-corrected chi connectivity index (χ0v) is 15.7. The molecule has 1 amide bonds. The molecule has 1 N–H and O–H groups in total. The summed E-state index contributed by atoms with van der Waals surface area (Å²) in [6, 6.07) is 3.99. The summed E-state index contributed by atoms with van der Waals surface area (Å²) in [4.78, 5) is 33.5. The van der Waals surface area contributed by atoms with E-state index in [1.54, 1.807) is 18.0 Å². The Bertz CT molecular complexity index is 1160. The Hall–Kier alpha value is -3.17. The lowest BCUT2D eigenvalue weighted by atomic mass is 10.0. The van der Waals surface area contributed by atoms with Gasteiger partial charge >= 0.3 is 6.18 Å². The summed E-state index contributed by atoms with van der Waals surface area (Å²) in [6.07, 6.45) is -2.53. The van der Waals surface area contributed by atoms with E-state index in [1.807, 2.05) is 0 Å². The zero-order valence-electron chi connectivity index (χ0n) is 15.7. The first-order valence-electron chi connectivity index (χ1n) is 9.04. The molecule has 0 radical (unpaired) electrons. The van der Waals surface area contributed by atoms with Crippen LogP contribution in [0.5, 0.6) is 0 Å². The molecule has 3 aromatic rings. The molecule has 0 spiro atoms. The highest BCUT2D eigenvalue weighted by atomic mass is 19.4. The summed E-state index contributed by atoms with van der Waals surface area (Å²) in [5.74, 6) is -0.370. The SMILES string of the molecule is Cc1cc(C(F)(F)F)c2c(=O)[nH]c([C@@H]3CCN(C(=O)c4ccnn4C)C3)cc2n1. The molecule has 1 fully saturated rings. The number of nitrogens with one attached hydrogen (secondary N) is 1. The molecule has 7 nitrogen and oxygen atoms in total. The molecule has 0 aliphatic carbocycles. The van der Waals surface area contributed by atoms with Crippen molar-refractivity contribution < 1.29 is 18.0 Å². The summed E-state index contributed by atoms with van der Waals surface area (Å²) in [6.45, 7) is 2.28. The molecular weight excluding hydrogens is 387 g/mol. The van der Waals surface area contributed by atoms with Crippen LogP contribution < -0.4 is 5.56 Å². The Balaban J connectivity index is 1.68. The fourth-order valence-corrected chi connectivity index (χ4v) is 3.81. The van der Waals surface area contributed by atoms with Crippen LogP contribution in [0.3, 0.4) is 0 Å². The van der Waals surface area contributed by atoms with Gasteiger partial charge in [-0.3, -0.25) is 19.3 Å². The van der Waals surface area contributed by atoms with Gasteiger partial charge in [-0.25, -0.2) is 0 Å². The topological polar surface area (TPSA) is 83.9 Å². The molecule has 10 heteroatoms. The van der Waals surface area contributed by atoms with Crippen molar-refractivity contribution in [3.05, 3.63) is 57.4 Å². The van der Waals surface area contributed by atoms with Crippen molar-refractivity contribution in [1.29, 1.82) is 0 Å². The van der Waals surface area contributed by atoms with Gasteiger partial charge in [0.05, 0.1) is 16.5 Å². The smallest absolute Gasteiger partial charge is 0.337 e. The largest absolute Gasteiger partial charge is 0.417 e. The summed E-state index contributed by atoms with van der Waals surface area (Å²) in [5.41, 5.74) is -0.701. The Morgan fingerprint density at radius 3 is 2.72 bits per heavy atom. The van der Waals surface area contributed by atoms with Crippen LogP contribution in [0.25, 0.3) is 10.9 Å². The molecule has 1 aliphatic heterocycles. The zero-order chi connectivity index (χ0) is 20.9. The van der Waals surface area contributed by atoms with Gasteiger partial charge in [0, 0.05) is 43.6 Å². The third-order valence-electron chi connectivity index (χ3n) is 5.21. The lowest BCUT2D eigenvalue weighted by molar-refractivity contribution is -0.136. The van der Waals surface area contributed by atoms with Crippen molar-refractivity contribution in [3.63, 3.8) is 0 Å². The Labute approximate surface area is 163 Å². The number of rotatable bonds is 2. The molecule has 29 heavy (non-hydrogen) atoms. The van der Waals surface area contributed by atoms with Crippen LogP contribution in [0.4, 0.5) is 13.2 Å². The van der Waals surface area contributed by atoms with Gasteiger partial charge in [0.25, 0.3) is 11.5 Å². The van der Waals surface area contributed by atoms with Gasteiger partial charge in [-0.2, -0.15) is 18.3 Å². The number of carbonyl (C=O) groups excluding carboxylic acids is 1. The van der Waals surface area contributed by atoms with E-state index in [0.29, 0.717) is 30.9 Å². The number of H-pyrrole nitrogens is 1. The van der Waals surface area contributed by atoms with Crippen molar-refractivity contribution in [2.45, 2.75) is 25.4 Å². The van der Waals surface area contributed by atoms with Gasteiger partial charge in [0.15, 0.2) is 0 Å². The average molecular weight is 405 g/mol. The molecule has 3 aromatic heterocycles. The molecule has 0 saturated carbocycles. The van der Waals surface area contributed by atoms with Gasteiger partial charge in [0.1, 0.15) is 5.69 Å². The molecule has 0 unspecified atom stereocenters. The molecular formula is C19H18F3N5O2. The summed E-state index contributed by atoms with van der Waals surface area (Å²) in [7, 11) is 1.67. The number of carbonyl (C=O) groups is 1. The van der Waals surface area contributed by atoms with Crippen LogP contribution in [-0.4, -0.2) is 43.6 Å². The lowest BCUT2D eigenvalue weighted by Gasteiger charge is -2.17. The number of aromatic nitrogens is 4. The fraction of sp³-hybridized carbons (Fsp3) is 0.368.